The van der Waals surface area contributed by atoms with Gasteiger partial charge in [0.2, 0.25) is 0 Å². The number of rotatable bonds is 1. The summed E-state index contributed by atoms with van der Waals surface area (Å²) in [4.78, 5) is 25.5. The summed E-state index contributed by atoms with van der Waals surface area (Å²) in [5.41, 5.74) is 9.60. The maximum Gasteiger partial charge on any atom is 0.330 e. The van der Waals surface area contributed by atoms with Crippen molar-refractivity contribution in [1.29, 1.82) is 0 Å². The highest BCUT2D eigenvalue weighted by Gasteiger charge is 2.22. The standard InChI is InChI=1S/C8H12N4O3/c9-5-6(10)11-8(14)12(7(5)13)4-1-2-15-3-4/h4H,1-3,9-10H2,(H,11,14). The van der Waals surface area contributed by atoms with E-state index in [1.54, 1.807) is 0 Å². The summed E-state index contributed by atoms with van der Waals surface area (Å²) < 4.78 is 6.18. The van der Waals surface area contributed by atoms with Crippen LogP contribution in [0.4, 0.5) is 11.5 Å². The van der Waals surface area contributed by atoms with Crippen molar-refractivity contribution >= 4 is 11.5 Å². The van der Waals surface area contributed by atoms with Crippen LogP contribution in [0.3, 0.4) is 0 Å². The third kappa shape index (κ3) is 1.50. The van der Waals surface area contributed by atoms with Crippen LogP contribution in [-0.2, 0) is 4.74 Å². The van der Waals surface area contributed by atoms with Crippen LogP contribution < -0.4 is 22.7 Å². The quantitative estimate of drug-likeness (QED) is 0.533. The zero-order valence-corrected chi connectivity index (χ0v) is 8.03. The fraction of sp³-hybridized carbons (Fsp3) is 0.500. The molecule has 0 radical (unpaired) electrons. The lowest BCUT2D eigenvalue weighted by molar-refractivity contribution is 0.185. The van der Waals surface area contributed by atoms with E-state index in [1.807, 2.05) is 0 Å². The SMILES string of the molecule is Nc1[nH]c(=O)n(C2CCOC2)c(=O)c1N. The summed E-state index contributed by atoms with van der Waals surface area (Å²) in [5, 5.41) is 0. The van der Waals surface area contributed by atoms with Crippen molar-refractivity contribution in [2.24, 2.45) is 0 Å². The van der Waals surface area contributed by atoms with Gasteiger partial charge < -0.3 is 16.2 Å². The third-order valence-electron chi connectivity index (χ3n) is 2.47. The van der Waals surface area contributed by atoms with Gasteiger partial charge in [0, 0.05) is 6.61 Å². The van der Waals surface area contributed by atoms with Crippen LogP contribution in [0, 0.1) is 0 Å². The van der Waals surface area contributed by atoms with Crippen LogP contribution in [-0.4, -0.2) is 22.8 Å². The van der Waals surface area contributed by atoms with Gasteiger partial charge >= 0.3 is 5.69 Å². The predicted molar refractivity (Wildman–Crippen MR) is 54.6 cm³/mol. The van der Waals surface area contributed by atoms with E-state index >= 15 is 0 Å². The number of nitrogen functional groups attached to an aromatic ring is 2. The second-order valence-electron chi connectivity index (χ2n) is 3.45. The molecule has 0 aliphatic carbocycles. The second-order valence-corrected chi connectivity index (χ2v) is 3.45. The number of H-pyrrole nitrogens is 1. The molecule has 5 N–H and O–H groups in total. The third-order valence-corrected chi connectivity index (χ3v) is 2.47. The number of hydrogen-bond acceptors (Lipinski definition) is 5. The molecule has 2 rings (SSSR count). The van der Waals surface area contributed by atoms with Gasteiger partial charge in [0.25, 0.3) is 5.56 Å². The summed E-state index contributed by atoms with van der Waals surface area (Å²) in [6.45, 7) is 0.896. The first-order chi connectivity index (χ1) is 7.11. The van der Waals surface area contributed by atoms with Crippen molar-refractivity contribution < 1.29 is 4.74 Å². The van der Waals surface area contributed by atoms with E-state index in [0.717, 1.165) is 4.57 Å². The molecular formula is C8H12N4O3. The molecular weight excluding hydrogens is 200 g/mol. The molecule has 0 amide bonds. The van der Waals surface area contributed by atoms with Crippen LogP contribution in [0.25, 0.3) is 0 Å². The zero-order valence-electron chi connectivity index (χ0n) is 8.03. The minimum Gasteiger partial charge on any atom is -0.391 e. The topological polar surface area (TPSA) is 116 Å². The van der Waals surface area contributed by atoms with Gasteiger partial charge in [-0.25, -0.2) is 4.79 Å². The molecule has 0 saturated carbocycles. The van der Waals surface area contributed by atoms with Crippen LogP contribution in [0.1, 0.15) is 12.5 Å². The van der Waals surface area contributed by atoms with E-state index in [2.05, 4.69) is 4.98 Å². The molecule has 82 valence electrons. The molecule has 1 fully saturated rings. The van der Waals surface area contributed by atoms with E-state index in [1.165, 1.54) is 0 Å². The highest BCUT2D eigenvalue weighted by molar-refractivity contribution is 5.55. The molecule has 0 aromatic carbocycles. The lowest BCUT2D eigenvalue weighted by Crippen LogP contribution is -2.40. The van der Waals surface area contributed by atoms with Crippen molar-refractivity contribution in [3.8, 4) is 0 Å². The maximum absolute atomic E-state index is 11.7. The summed E-state index contributed by atoms with van der Waals surface area (Å²) in [6.07, 6.45) is 0.631. The summed E-state index contributed by atoms with van der Waals surface area (Å²) in [6, 6.07) is -0.246. The molecule has 2 heterocycles. The Bertz CT molecular complexity index is 484. The molecule has 1 aliphatic rings. The van der Waals surface area contributed by atoms with Crippen LogP contribution in [0.5, 0.6) is 0 Å². The van der Waals surface area contributed by atoms with Crippen LogP contribution in [0.15, 0.2) is 9.59 Å². The van der Waals surface area contributed by atoms with E-state index in [-0.39, 0.29) is 17.5 Å². The van der Waals surface area contributed by atoms with Crippen molar-refractivity contribution in [1.82, 2.24) is 9.55 Å². The fourth-order valence-corrected chi connectivity index (χ4v) is 1.64. The molecule has 1 aromatic rings. The number of hydrogen-bond donors (Lipinski definition) is 3. The van der Waals surface area contributed by atoms with Crippen molar-refractivity contribution in [3.05, 3.63) is 20.8 Å². The van der Waals surface area contributed by atoms with Gasteiger partial charge in [-0.1, -0.05) is 0 Å². The molecule has 1 unspecified atom stereocenters. The molecule has 15 heavy (non-hydrogen) atoms. The molecule has 1 aliphatic heterocycles. The van der Waals surface area contributed by atoms with Gasteiger partial charge in [-0.2, -0.15) is 0 Å². The number of aromatic amines is 1. The summed E-state index contributed by atoms with van der Waals surface area (Å²) >= 11 is 0. The average Bonchev–Trinajstić information content (AvgIpc) is 2.68. The predicted octanol–water partition coefficient (Wildman–Crippen LogP) is -1.34. The molecule has 1 saturated heterocycles. The number of aromatic nitrogens is 2. The lowest BCUT2D eigenvalue weighted by atomic mass is 10.2. The maximum atomic E-state index is 11.7. The first-order valence-corrected chi connectivity index (χ1v) is 4.58. The molecule has 0 bridgehead atoms. The molecule has 7 heteroatoms. The van der Waals surface area contributed by atoms with Gasteiger partial charge in [-0.3, -0.25) is 14.3 Å². The van der Waals surface area contributed by atoms with Crippen molar-refractivity contribution in [2.75, 3.05) is 24.7 Å². The lowest BCUT2D eigenvalue weighted by Gasteiger charge is -2.11. The smallest absolute Gasteiger partial charge is 0.330 e. The minimum atomic E-state index is -0.549. The van der Waals surface area contributed by atoms with Gasteiger partial charge in [0.05, 0.1) is 12.6 Å². The average molecular weight is 212 g/mol. The highest BCUT2D eigenvalue weighted by Crippen LogP contribution is 2.15. The number of anilines is 2. The monoisotopic (exact) mass is 212 g/mol. The van der Waals surface area contributed by atoms with Gasteiger partial charge in [-0.15, -0.1) is 0 Å². The Morgan fingerprint density at radius 3 is 2.73 bits per heavy atom. The number of nitrogens with two attached hydrogens (primary N) is 2. The fourth-order valence-electron chi connectivity index (χ4n) is 1.64. The van der Waals surface area contributed by atoms with Gasteiger partial charge in [-0.05, 0) is 6.42 Å². The Morgan fingerprint density at radius 1 is 1.40 bits per heavy atom. The Balaban J connectivity index is 2.60. The van der Waals surface area contributed by atoms with Gasteiger partial charge in [0.1, 0.15) is 11.5 Å². The van der Waals surface area contributed by atoms with Crippen LogP contribution in [0.2, 0.25) is 0 Å². The highest BCUT2D eigenvalue weighted by atomic mass is 16.5. The Kier molecular flexibility index (Phi) is 2.24. The Hall–Kier alpha value is -1.76. The first kappa shape index (κ1) is 9.78. The van der Waals surface area contributed by atoms with E-state index in [0.29, 0.717) is 19.6 Å². The second kappa shape index (κ2) is 3.43. The first-order valence-electron chi connectivity index (χ1n) is 4.58. The summed E-state index contributed by atoms with van der Waals surface area (Å²) in [7, 11) is 0. The minimum absolute atomic E-state index is 0.0832. The number of nitrogens with one attached hydrogen (secondary N) is 1. The Labute approximate surface area is 84.7 Å². The number of ether oxygens (including phenoxy) is 1. The largest absolute Gasteiger partial charge is 0.391 e. The normalized spacial score (nSPS) is 20.7. The van der Waals surface area contributed by atoms with E-state index in [4.69, 9.17) is 16.2 Å². The Morgan fingerprint density at radius 2 is 2.13 bits per heavy atom. The van der Waals surface area contributed by atoms with Crippen LogP contribution >= 0.6 is 0 Å². The molecule has 0 spiro atoms. The van der Waals surface area contributed by atoms with E-state index < -0.39 is 11.2 Å². The summed E-state index contributed by atoms with van der Waals surface area (Å²) in [5.74, 6) is -0.0832. The molecule has 1 atom stereocenters. The zero-order chi connectivity index (χ0) is 11.0. The van der Waals surface area contributed by atoms with E-state index in [9.17, 15) is 9.59 Å². The van der Waals surface area contributed by atoms with Gasteiger partial charge in [0.15, 0.2) is 0 Å². The molecule has 1 aromatic heterocycles. The van der Waals surface area contributed by atoms with Crippen molar-refractivity contribution in [2.45, 2.75) is 12.5 Å². The van der Waals surface area contributed by atoms with Crippen molar-refractivity contribution in [3.63, 3.8) is 0 Å². The molecule has 7 nitrogen and oxygen atoms in total. The number of nitrogens with zero attached hydrogens (tertiary/aromatic N) is 1.